The Balaban J connectivity index is 1.41. The maximum atomic E-state index is 6.33. The summed E-state index contributed by atoms with van der Waals surface area (Å²) in [6.07, 6.45) is 0. The molecule has 0 bridgehead atoms. The molecule has 2 nitrogen and oxygen atoms in total. The SMILES string of the molecule is c1ccc(N(c2cccc3ccc4c5ccc6ccccc6c5ccc4c23)c2cccc3oc4ccccc4c23)cc1. The molecule has 196 valence electrons. The zero-order valence-electron chi connectivity index (χ0n) is 22.8. The number of fused-ring (bicyclic) bond motifs is 10. The fourth-order valence-corrected chi connectivity index (χ4v) is 6.79. The first kappa shape index (κ1) is 23.1. The van der Waals surface area contributed by atoms with Gasteiger partial charge in [-0.05, 0) is 74.1 Å². The molecule has 0 saturated heterocycles. The number of hydrogen-bond acceptors (Lipinski definition) is 2. The molecule has 0 N–H and O–H groups in total. The van der Waals surface area contributed by atoms with Crippen molar-refractivity contribution in [1.29, 1.82) is 0 Å². The van der Waals surface area contributed by atoms with Gasteiger partial charge in [-0.15, -0.1) is 0 Å². The lowest BCUT2D eigenvalue weighted by atomic mass is 9.93. The van der Waals surface area contributed by atoms with Crippen LogP contribution in [0.5, 0.6) is 0 Å². The van der Waals surface area contributed by atoms with Gasteiger partial charge in [-0.1, -0.05) is 115 Å². The third kappa shape index (κ3) is 3.33. The summed E-state index contributed by atoms with van der Waals surface area (Å²) in [6.45, 7) is 0. The van der Waals surface area contributed by atoms with Crippen LogP contribution >= 0.6 is 0 Å². The van der Waals surface area contributed by atoms with Crippen molar-refractivity contribution in [2.75, 3.05) is 4.90 Å². The first-order chi connectivity index (χ1) is 20.8. The van der Waals surface area contributed by atoms with Gasteiger partial charge < -0.3 is 9.32 Å². The molecular formula is C40H25NO. The topological polar surface area (TPSA) is 16.4 Å². The van der Waals surface area contributed by atoms with E-state index in [1.807, 2.05) is 12.1 Å². The zero-order chi connectivity index (χ0) is 27.6. The molecule has 0 spiro atoms. The summed E-state index contributed by atoms with van der Waals surface area (Å²) in [4.78, 5) is 2.40. The third-order valence-corrected chi connectivity index (χ3v) is 8.62. The predicted octanol–water partition coefficient (Wildman–Crippen LogP) is 11.7. The van der Waals surface area contributed by atoms with Gasteiger partial charge in [0, 0.05) is 16.5 Å². The van der Waals surface area contributed by atoms with Crippen molar-refractivity contribution in [3.8, 4) is 0 Å². The normalized spacial score (nSPS) is 11.8. The lowest BCUT2D eigenvalue weighted by Gasteiger charge is -2.28. The van der Waals surface area contributed by atoms with Crippen molar-refractivity contribution in [2.45, 2.75) is 0 Å². The molecular weight excluding hydrogens is 510 g/mol. The van der Waals surface area contributed by atoms with E-state index in [0.29, 0.717) is 0 Å². The molecule has 8 aromatic carbocycles. The molecule has 1 heterocycles. The van der Waals surface area contributed by atoms with Crippen LogP contribution in [0, 0.1) is 0 Å². The van der Waals surface area contributed by atoms with E-state index in [1.165, 1.54) is 43.1 Å². The van der Waals surface area contributed by atoms with E-state index in [1.54, 1.807) is 0 Å². The number of furan rings is 1. The van der Waals surface area contributed by atoms with Crippen molar-refractivity contribution >= 4 is 82.1 Å². The lowest BCUT2D eigenvalue weighted by molar-refractivity contribution is 0.669. The lowest BCUT2D eigenvalue weighted by Crippen LogP contribution is -2.11. The van der Waals surface area contributed by atoms with E-state index in [-0.39, 0.29) is 0 Å². The fraction of sp³-hybridized carbons (Fsp3) is 0. The molecule has 2 heteroatoms. The molecule has 0 saturated carbocycles. The van der Waals surface area contributed by atoms with Crippen LogP contribution in [0.15, 0.2) is 156 Å². The van der Waals surface area contributed by atoms with Crippen LogP contribution in [0.25, 0.3) is 65.0 Å². The van der Waals surface area contributed by atoms with Crippen molar-refractivity contribution in [1.82, 2.24) is 0 Å². The van der Waals surface area contributed by atoms with Gasteiger partial charge >= 0.3 is 0 Å². The highest BCUT2D eigenvalue weighted by atomic mass is 16.3. The fourth-order valence-electron chi connectivity index (χ4n) is 6.79. The summed E-state index contributed by atoms with van der Waals surface area (Å²) < 4.78 is 6.33. The van der Waals surface area contributed by atoms with Crippen LogP contribution in [-0.4, -0.2) is 0 Å². The van der Waals surface area contributed by atoms with Gasteiger partial charge in [-0.2, -0.15) is 0 Å². The predicted molar refractivity (Wildman–Crippen MR) is 178 cm³/mol. The zero-order valence-corrected chi connectivity index (χ0v) is 22.8. The molecule has 0 aliphatic rings. The second-order valence-electron chi connectivity index (χ2n) is 10.9. The van der Waals surface area contributed by atoms with E-state index in [9.17, 15) is 0 Å². The van der Waals surface area contributed by atoms with E-state index in [4.69, 9.17) is 4.42 Å². The molecule has 42 heavy (non-hydrogen) atoms. The Morgan fingerprint density at radius 2 is 0.905 bits per heavy atom. The highest BCUT2D eigenvalue weighted by molar-refractivity contribution is 6.25. The number of nitrogens with zero attached hydrogens (tertiary/aromatic N) is 1. The molecule has 9 rings (SSSR count). The summed E-state index contributed by atoms with van der Waals surface area (Å²) in [6, 6.07) is 54.3. The Morgan fingerprint density at radius 1 is 0.333 bits per heavy atom. The first-order valence-electron chi connectivity index (χ1n) is 14.4. The Kier molecular flexibility index (Phi) is 4.93. The summed E-state index contributed by atoms with van der Waals surface area (Å²) in [7, 11) is 0. The van der Waals surface area contributed by atoms with Gasteiger partial charge in [-0.25, -0.2) is 0 Å². The molecule has 0 radical (unpaired) electrons. The minimum atomic E-state index is 0.887. The Labute approximate surface area is 242 Å². The maximum Gasteiger partial charge on any atom is 0.137 e. The van der Waals surface area contributed by atoms with Gasteiger partial charge in [-0.3, -0.25) is 0 Å². The average molecular weight is 536 g/mol. The van der Waals surface area contributed by atoms with E-state index in [2.05, 4.69) is 144 Å². The summed E-state index contributed by atoms with van der Waals surface area (Å²) in [5, 5.41) is 12.3. The van der Waals surface area contributed by atoms with E-state index < -0.39 is 0 Å². The van der Waals surface area contributed by atoms with Gasteiger partial charge in [0.15, 0.2) is 0 Å². The minimum absolute atomic E-state index is 0.887. The largest absolute Gasteiger partial charge is 0.456 e. The molecule has 0 fully saturated rings. The molecule has 0 aliphatic heterocycles. The second-order valence-corrected chi connectivity index (χ2v) is 10.9. The second kappa shape index (κ2) is 8.95. The highest BCUT2D eigenvalue weighted by Crippen LogP contribution is 2.46. The van der Waals surface area contributed by atoms with Crippen LogP contribution in [0.4, 0.5) is 17.1 Å². The minimum Gasteiger partial charge on any atom is -0.456 e. The van der Waals surface area contributed by atoms with Crippen LogP contribution in [0.1, 0.15) is 0 Å². The van der Waals surface area contributed by atoms with Crippen molar-refractivity contribution < 1.29 is 4.42 Å². The molecule has 0 aliphatic carbocycles. The van der Waals surface area contributed by atoms with Gasteiger partial charge in [0.1, 0.15) is 11.2 Å². The molecule has 0 unspecified atom stereocenters. The Morgan fingerprint density at radius 3 is 1.79 bits per heavy atom. The molecule has 9 aromatic rings. The number of hydrogen-bond donors (Lipinski definition) is 0. The summed E-state index contributed by atoms with van der Waals surface area (Å²) in [5.74, 6) is 0. The molecule has 1 aromatic heterocycles. The number of para-hydroxylation sites is 2. The molecule has 0 amide bonds. The Bertz CT molecular complexity index is 2470. The first-order valence-corrected chi connectivity index (χ1v) is 14.4. The average Bonchev–Trinajstić information content (AvgIpc) is 3.44. The quantitative estimate of drug-likeness (QED) is 0.209. The van der Waals surface area contributed by atoms with Crippen molar-refractivity contribution in [2.24, 2.45) is 0 Å². The van der Waals surface area contributed by atoms with Crippen LogP contribution in [-0.2, 0) is 0 Å². The number of rotatable bonds is 3. The maximum absolute atomic E-state index is 6.33. The standard InChI is InChI=1S/C40H25NO/c1-2-12-28(13-3-1)41(36-17-9-19-38-40(36)34-15-6-7-18-37(34)42-38)35-16-8-11-27-21-23-32-31-22-20-26-10-4-5-14-29(26)30(31)24-25-33(32)39(27)35/h1-25H. The van der Waals surface area contributed by atoms with Gasteiger partial charge in [0.2, 0.25) is 0 Å². The number of anilines is 3. The number of benzene rings is 8. The summed E-state index contributed by atoms with van der Waals surface area (Å²) in [5.41, 5.74) is 5.13. The van der Waals surface area contributed by atoms with Crippen LogP contribution < -0.4 is 4.90 Å². The summed E-state index contributed by atoms with van der Waals surface area (Å²) >= 11 is 0. The highest BCUT2D eigenvalue weighted by Gasteiger charge is 2.21. The van der Waals surface area contributed by atoms with Gasteiger partial charge in [0.25, 0.3) is 0 Å². The van der Waals surface area contributed by atoms with Crippen LogP contribution in [0.2, 0.25) is 0 Å². The van der Waals surface area contributed by atoms with Crippen molar-refractivity contribution in [3.63, 3.8) is 0 Å². The smallest absolute Gasteiger partial charge is 0.137 e. The van der Waals surface area contributed by atoms with E-state index >= 15 is 0 Å². The van der Waals surface area contributed by atoms with Crippen molar-refractivity contribution in [3.05, 3.63) is 152 Å². The van der Waals surface area contributed by atoms with Gasteiger partial charge in [0.05, 0.1) is 16.8 Å². The third-order valence-electron chi connectivity index (χ3n) is 8.62. The van der Waals surface area contributed by atoms with E-state index in [0.717, 1.165) is 39.0 Å². The van der Waals surface area contributed by atoms with Crippen LogP contribution in [0.3, 0.4) is 0 Å². The Hall–Kier alpha value is -5.60. The monoisotopic (exact) mass is 535 g/mol. The molecule has 0 atom stereocenters.